The second-order valence-corrected chi connectivity index (χ2v) is 5.55. The van der Waals surface area contributed by atoms with Crippen LogP contribution in [-0.2, 0) is 10.3 Å². The Bertz CT molecular complexity index is 479. The van der Waals surface area contributed by atoms with E-state index >= 15 is 0 Å². The summed E-state index contributed by atoms with van der Waals surface area (Å²) >= 11 is 0. The van der Waals surface area contributed by atoms with E-state index in [-0.39, 0.29) is 11.2 Å². The van der Waals surface area contributed by atoms with Crippen LogP contribution < -0.4 is 5.56 Å². The van der Waals surface area contributed by atoms with Crippen LogP contribution in [-0.4, -0.2) is 17.1 Å². The molecule has 2 fully saturated rings. The van der Waals surface area contributed by atoms with Crippen LogP contribution in [0.25, 0.3) is 0 Å². The fraction of sp³-hybridized carbons (Fsp3) is 0.714. The number of ether oxygens (including phenoxy) is 1. The number of nitrogens with zero attached hydrogens (tertiary/aromatic N) is 1. The van der Waals surface area contributed by atoms with Crippen LogP contribution in [0, 0.1) is 0 Å². The minimum absolute atomic E-state index is 0.0368. The van der Waals surface area contributed by atoms with Crippen molar-refractivity contribution in [3.8, 4) is 0 Å². The molecule has 0 spiro atoms. The summed E-state index contributed by atoms with van der Waals surface area (Å²) in [6, 6.07) is 1.67. The third-order valence-electron chi connectivity index (χ3n) is 4.52. The van der Waals surface area contributed by atoms with Gasteiger partial charge in [-0.3, -0.25) is 4.79 Å². The fourth-order valence-corrected chi connectivity index (χ4v) is 3.16. The quantitative estimate of drug-likeness (QED) is 0.894. The van der Waals surface area contributed by atoms with E-state index < -0.39 is 0 Å². The lowest BCUT2D eigenvalue weighted by Gasteiger charge is -2.39. The Morgan fingerprint density at radius 2 is 2.06 bits per heavy atom. The predicted molar refractivity (Wildman–Crippen MR) is 68.6 cm³/mol. The van der Waals surface area contributed by atoms with E-state index in [9.17, 15) is 4.79 Å². The van der Waals surface area contributed by atoms with Crippen LogP contribution in [0.5, 0.6) is 0 Å². The molecule has 0 unspecified atom stereocenters. The highest BCUT2D eigenvalue weighted by Gasteiger charge is 2.41. The van der Waals surface area contributed by atoms with Gasteiger partial charge in [0, 0.05) is 19.1 Å². The van der Waals surface area contributed by atoms with Crippen molar-refractivity contribution in [1.29, 1.82) is 0 Å². The Hall–Kier alpha value is -1.16. The smallest absolute Gasteiger partial charge is 0.251 e. The summed E-state index contributed by atoms with van der Waals surface area (Å²) in [5.74, 6) is 1.21. The highest BCUT2D eigenvalue weighted by Crippen LogP contribution is 2.43. The number of H-pyrrole nitrogens is 1. The second-order valence-electron chi connectivity index (χ2n) is 5.55. The molecule has 1 aromatic heterocycles. The average Bonchev–Trinajstić information content (AvgIpc) is 2.81. The van der Waals surface area contributed by atoms with Gasteiger partial charge in [-0.25, -0.2) is 4.98 Å². The van der Waals surface area contributed by atoms with Gasteiger partial charge in [-0.05, 0) is 32.1 Å². The van der Waals surface area contributed by atoms with Crippen LogP contribution in [0.1, 0.15) is 62.4 Å². The first-order valence-corrected chi connectivity index (χ1v) is 6.90. The topological polar surface area (TPSA) is 55.0 Å². The molecule has 0 bridgehead atoms. The molecule has 1 aromatic rings. The van der Waals surface area contributed by atoms with Crippen molar-refractivity contribution < 1.29 is 4.74 Å². The van der Waals surface area contributed by atoms with Gasteiger partial charge in [0.15, 0.2) is 0 Å². The molecule has 0 aliphatic heterocycles. The molecule has 0 aromatic carbocycles. The van der Waals surface area contributed by atoms with E-state index in [0.717, 1.165) is 43.6 Å². The number of hydrogen-bond donors (Lipinski definition) is 1. The molecule has 2 aliphatic carbocycles. The summed E-state index contributed by atoms with van der Waals surface area (Å²) in [5, 5.41) is 0. The van der Waals surface area contributed by atoms with Gasteiger partial charge in [0.2, 0.25) is 0 Å². The van der Waals surface area contributed by atoms with E-state index in [1.54, 1.807) is 13.2 Å². The summed E-state index contributed by atoms with van der Waals surface area (Å²) < 4.78 is 5.60. The second kappa shape index (κ2) is 4.50. The maximum atomic E-state index is 11.8. The van der Waals surface area contributed by atoms with Crippen LogP contribution >= 0.6 is 0 Å². The number of aromatic nitrogens is 2. The van der Waals surface area contributed by atoms with Crippen LogP contribution in [0.2, 0.25) is 0 Å². The lowest BCUT2D eigenvalue weighted by molar-refractivity contribution is -0.0849. The van der Waals surface area contributed by atoms with Gasteiger partial charge >= 0.3 is 0 Å². The van der Waals surface area contributed by atoms with Crippen molar-refractivity contribution in [3.63, 3.8) is 0 Å². The van der Waals surface area contributed by atoms with Gasteiger partial charge in [-0.2, -0.15) is 0 Å². The van der Waals surface area contributed by atoms with Crippen molar-refractivity contribution in [3.05, 3.63) is 27.9 Å². The lowest BCUT2D eigenvalue weighted by Crippen LogP contribution is -2.39. The van der Waals surface area contributed by atoms with E-state index in [1.807, 2.05) is 0 Å². The van der Waals surface area contributed by atoms with Crippen molar-refractivity contribution in [2.24, 2.45) is 0 Å². The predicted octanol–water partition coefficient (Wildman–Crippen LogP) is 2.45. The van der Waals surface area contributed by atoms with Gasteiger partial charge in [-0.15, -0.1) is 0 Å². The van der Waals surface area contributed by atoms with E-state index in [1.165, 1.54) is 12.8 Å². The van der Waals surface area contributed by atoms with Crippen molar-refractivity contribution in [2.75, 3.05) is 7.11 Å². The molecule has 0 radical (unpaired) electrons. The van der Waals surface area contributed by atoms with Gasteiger partial charge < -0.3 is 9.72 Å². The first-order chi connectivity index (χ1) is 8.73. The average molecular weight is 248 g/mol. The number of hydrogen-bond acceptors (Lipinski definition) is 3. The molecular formula is C14H20N2O2. The molecule has 0 atom stereocenters. The summed E-state index contributed by atoms with van der Waals surface area (Å²) in [4.78, 5) is 19.4. The Kier molecular flexibility index (Phi) is 2.98. The third-order valence-corrected chi connectivity index (χ3v) is 4.52. The molecule has 0 saturated heterocycles. The highest BCUT2D eigenvalue weighted by atomic mass is 16.5. The number of aromatic amines is 1. The molecule has 2 saturated carbocycles. The summed E-state index contributed by atoms with van der Waals surface area (Å²) in [7, 11) is 1.71. The largest absolute Gasteiger partial charge is 0.370 e. The summed E-state index contributed by atoms with van der Waals surface area (Å²) in [5.41, 5.74) is 0.605. The molecule has 0 amide bonds. The molecule has 98 valence electrons. The standard InChI is InChI=1S/C14H20N2O2/c1-18-14(7-4-8-14)13-15-11(9-12(17)16-13)10-5-2-3-6-10/h9-10H,2-8H2,1H3,(H,15,16,17). The van der Waals surface area contributed by atoms with Crippen molar-refractivity contribution in [1.82, 2.24) is 9.97 Å². The maximum Gasteiger partial charge on any atom is 0.251 e. The van der Waals surface area contributed by atoms with E-state index in [0.29, 0.717) is 5.92 Å². The van der Waals surface area contributed by atoms with Gasteiger partial charge in [0.25, 0.3) is 5.56 Å². The fourth-order valence-electron chi connectivity index (χ4n) is 3.16. The maximum absolute atomic E-state index is 11.8. The number of nitrogens with one attached hydrogen (secondary N) is 1. The van der Waals surface area contributed by atoms with Crippen LogP contribution in [0.15, 0.2) is 10.9 Å². The van der Waals surface area contributed by atoms with Gasteiger partial charge in [0.05, 0.1) is 5.69 Å². The zero-order chi connectivity index (χ0) is 12.6. The van der Waals surface area contributed by atoms with E-state index in [4.69, 9.17) is 9.72 Å². The van der Waals surface area contributed by atoms with E-state index in [2.05, 4.69) is 4.98 Å². The highest BCUT2D eigenvalue weighted by molar-refractivity contribution is 5.15. The normalized spacial score (nSPS) is 22.9. The van der Waals surface area contributed by atoms with Crippen LogP contribution in [0.4, 0.5) is 0 Å². The first kappa shape index (κ1) is 11.9. The Morgan fingerprint density at radius 1 is 1.33 bits per heavy atom. The summed E-state index contributed by atoms with van der Waals surface area (Å²) in [6.07, 6.45) is 7.89. The van der Waals surface area contributed by atoms with Crippen molar-refractivity contribution >= 4 is 0 Å². The SMILES string of the molecule is COC1(c2nc(C3CCCC3)cc(=O)[nH]2)CCC1. The van der Waals surface area contributed by atoms with Crippen molar-refractivity contribution in [2.45, 2.75) is 56.5 Å². The molecule has 1 heterocycles. The monoisotopic (exact) mass is 248 g/mol. The Morgan fingerprint density at radius 3 is 2.61 bits per heavy atom. The molecule has 4 heteroatoms. The minimum Gasteiger partial charge on any atom is -0.370 e. The Balaban J connectivity index is 1.97. The first-order valence-electron chi connectivity index (χ1n) is 6.90. The minimum atomic E-state index is -0.326. The zero-order valence-electron chi connectivity index (χ0n) is 10.9. The molecule has 1 N–H and O–H groups in total. The third kappa shape index (κ3) is 1.88. The number of methoxy groups -OCH3 is 1. The number of rotatable bonds is 3. The van der Waals surface area contributed by atoms with Gasteiger partial charge in [-0.1, -0.05) is 12.8 Å². The molecule has 18 heavy (non-hydrogen) atoms. The van der Waals surface area contributed by atoms with Gasteiger partial charge in [0.1, 0.15) is 11.4 Å². The molecule has 3 rings (SSSR count). The Labute approximate surface area is 107 Å². The van der Waals surface area contributed by atoms with Crippen LogP contribution in [0.3, 0.4) is 0 Å². The molecule has 2 aliphatic rings. The molecule has 4 nitrogen and oxygen atoms in total. The zero-order valence-corrected chi connectivity index (χ0v) is 10.9. The molecular weight excluding hydrogens is 228 g/mol. The summed E-state index contributed by atoms with van der Waals surface area (Å²) in [6.45, 7) is 0. The lowest BCUT2D eigenvalue weighted by atomic mass is 9.79.